The Kier molecular flexibility index (Phi) is 5.04. The largest absolute Gasteiger partial charge is 0.478 e. The number of aromatic carboxylic acids is 1. The van der Waals surface area contributed by atoms with Crippen molar-refractivity contribution < 1.29 is 19.1 Å². The lowest BCUT2D eigenvalue weighted by atomic mass is 10.2. The van der Waals surface area contributed by atoms with Gasteiger partial charge in [0.25, 0.3) is 0 Å². The van der Waals surface area contributed by atoms with Crippen molar-refractivity contribution in [2.45, 2.75) is 0 Å². The second-order valence-electron chi connectivity index (χ2n) is 3.91. The fourth-order valence-electron chi connectivity index (χ4n) is 1.25. The number of halogens is 1. The predicted octanol–water partition coefficient (Wildman–Crippen LogP) is 0.602. The summed E-state index contributed by atoms with van der Waals surface area (Å²) in [5.41, 5.74) is -0.251. The molecule has 2 amide bonds. The number of hydrogen-bond donors (Lipinski definition) is 3. The van der Waals surface area contributed by atoms with Crippen LogP contribution in [0.1, 0.15) is 10.4 Å². The third-order valence-corrected chi connectivity index (χ3v) is 2.18. The van der Waals surface area contributed by atoms with Crippen LogP contribution in [0, 0.1) is 5.82 Å². The number of carboxylic acid groups (broad SMARTS) is 1. The minimum Gasteiger partial charge on any atom is -0.478 e. The fourth-order valence-corrected chi connectivity index (χ4v) is 1.25. The summed E-state index contributed by atoms with van der Waals surface area (Å²) in [7, 11) is 3.21. The third-order valence-electron chi connectivity index (χ3n) is 2.18. The Morgan fingerprint density at radius 1 is 1.42 bits per heavy atom. The molecule has 0 aliphatic heterocycles. The molecule has 8 heteroatoms. The van der Waals surface area contributed by atoms with E-state index >= 15 is 0 Å². The Balaban J connectivity index is 2.54. The van der Waals surface area contributed by atoms with Gasteiger partial charge >= 0.3 is 12.0 Å². The minimum absolute atomic E-state index is 0.0630. The molecule has 0 aliphatic carbocycles. The Hall–Kier alpha value is -2.38. The lowest BCUT2D eigenvalue weighted by Gasteiger charge is -2.13. The van der Waals surface area contributed by atoms with E-state index in [9.17, 15) is 14.0 Å². The van der Waals surface area contributed by atoms with E-state index in [0.717, 1.165) is 12.3 Å². The number of rotatable bonds is 5. The van der Waals surface area contributed by atoms with Gasteiger partial charge in [0.2, 0.25) is 0 Å². The van der Waals surface area contributed by atoms with Crippen molar-refractivity contribution in [3.8, 4) is 0 Å². The second-order valence-corrected chi connectivity index (χ2v) is 3.91. The van der Waals surface area contributed by atoms with Crippen LogP contribution in [0.4, 0.5) is 15.0 Å². The van der Waals surface area contributed by atoms with Gasteiger partial charge in [-0.15, -0.1) is 0 Å². The summed E-state index contributed by atoms with van der Waals surface area (Å²) < 4.78 is 12.9. The van der Waals surface area contributed by atoms with Gasteiger partial charge in [-0.3, -0.25) is 0 Å². The van der Waals surface area contributed by atoms with Gasteiger partial charge in [0.05, 0.1) is 6.20 Å². The number of pyridine rings is 1. The molecule has 104 valence electrons. The van der Waals surface area contributed by atoms with Crippen LogP contribution >= 0.6 is 0 Å². The molecule has 1 heterocycles. The molecular formula is C11H15FN4O3. The predicted molar refractivity (Wildman–Crippen MR) is 66.7 cm³/mol. The van der Waals surface area contributed by atoms with Crippen LogP contribution in [0.15, 0.2) is 12.3 Å². The van der Waals surface area contributed by atoms with Gasteiger partial charge in [0.15, 0.2) is 0 Å². The molecule has 0 fully saturated rings. The normalized spacial score (nSPS) is 9.84. The van der Waals surface area contributed by atoms with E-state index in [-0.39, 0.29) is 30.5 Å². The molecule has 0 unspecified atom stereocenters. The van der Waals surface area contributed by atoms with Crippen LogP contribution in [0.2, 0.25) is 0 Å². The van der Waals surface area contributed by atoms with Gasteiger partial charge in [0, 0.05) is 27.2 Å². The molecule has 0 aromatic carbocycles. The first-order chi connectivity index (χ1) is 8.91. The summed E-state index contributed by atoms with van der Waals surface area (Å²) in [6, 6.07) is 0.628. The number of amides is 2. The van der Waals surface area contributed by atoms with Crippen molar-refractivity contribution in [3.63, 3.8) is 0 Å². The van der Waals surface area contributed by atoms with Gasteiger partial charge in [-0.2, -0.15) is 0 Å². The minimum atomic E-state index is -1.27. The zero-order valence-corrected chi connectivity index (χ0v) is 10.6. The molecule has 1 aromatic heterocycles. The highest BCUT2D eigenvalue weighted by Gasteiger charge is 2.12. The molecule has 0 atom stereocenters. The van der Waals surface area contributed by atoms with Crippen LogP contribution in [-0.4, -0.2) is 54.2 Å². The van der Waals surface area contributed by atoms with Crippen molar-refractivity contribution >= 4 is 17.8 Å². The molecular weight excluding hydrogens is 255 g/mol. The summed E-state index contributed by atoms with van der Waals surface area (Å²) >= 11 is 0. The third kappa shape index (κ3) is 4.41. The number of anilines is 1. The zero-order chi connectivity index (χ0) is 14.4. The Morgan fingerprint density at radius 2 is 2.11 bits per heavy atom. The zero-order valence-electron chi connectivity index (χ0n) is 10.6. The van der Waals surface area contributed by atoms with Gasteiger partial charge in [-0.1, -0.05) is 0 Å². The maximum absolute atomic E-state index is 12.9. The van der Waals surface area contributed by atoms with Crippen molar-refractivity contribution in [1.82, 2.24) is 15.2 Å². The highest BCUT2D eigenvalue weighted by atomic mass is 19.1. The molecule has 1 aromatic rings. The molecule has 7 nitrogen and oxygen atoms in total. The summed E-state index contributed by atoms with van der Waals surface area (Å²) in [5, 5.41) is 14.2. The van der Waals surface area contributed by atoms with Gasteiger partial charge in [0.1, 0.15) is 17.2 Å². The van der Waals surface area contributed by atoms with E-state index in [2.05, 4.69) is 15.6 Å². The van der Waals surface area contributed by atoms with Crippen molar-refractivity contribution in [2.75, 3.05) is 32.5 Å². The molecule has 19 heavy (non-hydrogen) atoms. The van der Waals surface area contributed by atoms with Gasteiger partial charge < -0.3 is 20.6 Å². The SMILES string of the molecule is CN(C)C(=O)NCCNc1ncc(F)cc1C(=O)O. The van der Waals surface area contributed by atoms with Crippen molar-refractivity contribution in [1.29, 1.82) is 0 Å². The first-order valence-corrected chi connectivity index (χ1v) is 5.49. The van der Waals surface area contributed by atoms with E-state index in [4.69, 9.17) is 5.11 Å². The lowest BCUT2D eigenvalue weighted by Crippen LogP contribution is -2.37. The van der Waals surface area contributed by atoms with Crippen molar-refractivity contribution in [2.24, 2.45) is 0 Å². The maximum Gasteiger partial charge on any atom is 0.339 e. The van der Waals surface area contributed by atoms with Gasteiger partial charge in [-0.05, 0) is 6.07 Å². The number of hydrogen-bond acceptors (Lipinski definition) is 4. The van der Waals surface area contributed by atoms with E-state index in [1.165, 1.54) is 4.90 Å². The smallest absolute Gasteiger partial charge is 0.339 e. The Bertz CT molecular complexity index is 479. The van der Waals surface area contributed by atoms with E-state index in [1.54, 1.807) is 14.1 Å². The number of aromatic nitrogens is 1. The Labute approximate surface area is 109 Å². The molecule has 0 radical (unpaired) electrons. The number of carbonyl (C=O) groups excluding carboxylic acids is 1. The number of nitrogens with one attached hydrogen (secondary N) is 2. The first-order valence-electron chi connectivity index (χ1n) is 5.49. The molecule has 3 N–H and O–H groups in total. The molecule has 1 rings (SSSR count). The maximum atomic E-state index is 12.9. The molecule has 0 aliphatic rings. The molecule has 0 bridgehead atoms. The van der Waals surface area contributed by atoms with Crippen LogP contribution in [0.25, 0.3) is 0 Å². The fraction of sp³-hybridized carbons (Fsp3) is 0.364. The second kappa shape index (κ2) is 6.53. The van der Waals surface area contributed by atoms with Crippen LogP contribution in [0.3, 0.4) is 0 Å². The quantitative estimate of drug-likeness (QED) is 0.681. The molecule has 0 saturated carbocycles. The lowest BCUT2D eigenvalue weighted by molar-refractivity contribution is 0.0697. The van der Waals surface area contributed by atoms with Crippen LogP contribution in [0.5, 0.6) is 0 Å². The van der Waals surface area contributed by atoms with E-state index in [0.29, 0.717) is 0 Å². The number of carbonyl (C=O) groups is 2. The van der Waals surface area contributed by atoms with Crippen LogP contribution < -0.4 is 10.6 Å². The summed E-state index contributed by atoms with van der Waals surface area (Å²) in [6.45, 7) is 0.563. The first kappa shape index (κ1) is 14.7. The van der Waals surface area contributed by atoms with Crippen LogP contribution in [-0.2, 0) is 0 Å². The Morgan fingerprint density at radius 3 is 2.68 bits per heavy atom. The van der Waals surface area contributed by atoms with Crippen molar-refractivity contribution in [3.05, 3.63) is 23.6 Å². The van der Waals surface area contributed by atoms with Gasteiger partial charge in [-0.25, -0.2) is 19.0 Å². The highest BCUT2D eigenvalue weighted by molar-refractivity contribution is 5.93. The standard InChI is InChI=1S/C11H15FN4O3/c1-16(2)11(19)14-4-3-13-9-8(10(17)18)5-7(12)6-15-9/h5-6H,3-4H2,1-2H3,(H,13,15)(H,14,19)(H,17,18). The summed E-state index contributed by atoms with van der Waals surface area (Å²) in [5.74, 6) is -1.93. The highest BCUT2D eigenvalue weighted by Crippen LogP contribution is 2.12. The average molecular weight is 270 g/mol. The number of carboxylic acids is 1. The monoisotopic (exact) mass is 270 g/mol. The number of nitrogens with zero attached hydrogens (tertiary/aromatic N) is 2. The molecule has 0 spiro atoms. The number of urea groups is 1. The summed E-state index contributed by atoms with van der Waals surface area (Å²) in [6.07, 6.45) is 0.924. The summed E-state index contributed by atoms with van der Waals surface area (Å²) in [4.78, 5) is 27.1. The van der Waals surface area contributed by atoms with E-state index < -0.39 is 11.8 Å². The topological polar surface area (TPSA) is 94.6 Å². The van der Waals surface area contributed by atoms with E-state index in [1.807, 2.05) is 0 Å². The average Bonchev–Trinajstić information content (AvgIpc) is 2.35. The molecule has 0 saturated heterocycles.